The smallest absolute Gasteiger partial charge is 0.325 e. The summed E-state index contributed by atoms with van der Waals surface area (Å²) in [6.07, 6.45) is 0. The van der Waals surface area contributed by atoms with Crippen LogP contribution in [0.15, 0.2) is 54.6 Å². The van der Waals surface area contributed by atoms with Gasteiger partial charge in [-0.2, -0.15) is 0 Å². The van der Waals surface area contributed by atoms with Crippen LogP contribution in [0.3, 0.4) is 0 Å². The molecule has 0 radical (unpaired) electrons. The maximum atomic E-state index is 11.0. The number of carboxylic acid groups (broad SMARTS) is 1. The van der Waals surface area contributed by atoms with Gasteiger partial charge in [-0.15, -0.1) is 0 Å². The molecule has 3 aromatic carbocycles. The highest BCUT2D eigenvalue weighted by atomic mass is 16.4. The van der Waals surface area contributed by atoms with Crippen molar-refractivity contribution in [1.29, 1.82) is 0 Å². The zero-order valence-electron chi connectivity index (χ0n) is 11.1. The fraction of sp³-hybridized carbons (Fsp3) is 0.118. The Balaban J connectivity index is 2.17. The van der Waals surface area contributed by atoms with E-state index in [2.05, 4.69) is 29.6 Å². The van der Waals surface area contributed by atoms with E-state index in [9.17, 15) is 4.79 Å². The van der Waals surface area contributed by atoms with Gasteiger partial charge in [-0.3, -0.25) is 4.79 Å². The van der Waals surface area contributed by atoms with Crippen LogP contribution < -0.4 is 5.32 Å². The molecule has 0 spiro atoms. The Bertz CT molecular complexity index is 795. The van der Waals surface area contributed by atoms with Gasteiger partial charge in [0, 0.05) is 11.1 Å². The normalized spacial score (nSPS) is 12.4. The number of aliphatic carboxylic acids is 1. The van der Waals surface area contributed by atoms with Gasteiger partial charge in [-0.05, 0) is 41.3 Å². The third kappa shape index (κ3) is 2.18. The van der Waals surface area contributed by atoms with Gasteiger partial charge in [-0.1, -0.05) is 36.4 Å². The van der Waals surface area contributed by atoms with E-state index < -0.39 is 12.0 Å². The van der Waals surface area contributed by atoms with Gasteiger partial charge in [0.05, 0.1) is 0 Å². The molecule has 2 N–H and O–H groups in total. The minimum absolute atomic E-state index is 0.618. The third-order valence-corrected chi connectivity index (χ3v) is 3.49. The summed E-state index contributed by atoms with van der Waals surface area (Å²) in [5.41, 5.74) is 0.850. The Morgan fingerprint density at radius 1 is 1.00 bits per heavy atom. The molecular formula is C17H15NO2. The van der Waals surface area contributed by atoms with Crippen molar-refractivity contribution in [2.75, 3.05) is 5.32 Å². The molecule has 20 heavy (non-hydrogen) atoms. The Kier molecular flexibility index (Phi) is 3.03. The van der Waals surface area contributed by atoms with Crippen LogP contribution in [0.2, 0.25) is 0 Å². The minimum Gasteiger partial charge on any atom is -0.480 e. The highest BCUT2D eigenvalue weighted by Gasteiger charge is 2.11. The second-order valence-corrected chi connectivity index (χ2v) is 4.93. The number of hydrogen-bond acceptors (Lipinski definition) is 2. The molecule has 1 unspecified atom stereocenters. The predicted octanol–water partition coefficient (Wildman–Crippen LogP) is 3.88. The lowest BCUT2D eigenvalue weighted by molar-refractivity contribution is -0.137. The van der Waals surface area contributed by atoms with E-state index in [0.29, 0.717) is 0 Å². The summed E-state index contributed by atoms with van der Waals surface area (Å²) >= 11 is 0. The van der Waals surface area contributed by atoms with Crippen LogP contribution in [0.25, 0.3) is 21.5 Å². The van der Waals surface area contributed by atoms with Crippen molar-refractivity contribution in [3.8, 4) is 0 Å². The largest absolute Gasteiger partial charge is 0.480 e. The number of nitrogens with one attached hydrogen (secondary N) is 1. The quantitative estimate of drug-likeness (QED) is 0.706. The van der Waals surface area contributed by atoms with Crippen LogP contribution in [0.4, 0.5) is 5.69 Å². The number of benzene rings is 3. The average Bonchev–Trinajstić information content (AvgIpc) is 2.45. The molecule has 0 aliphatic heterocycles. The summed E-state index contributed by atoms with van der Waals surface area (Å²) in [7, 11) is 0. The van der Waals surface area contributed by atoms with Crippen LogP contribution in [0.1, 0.15) is 6.92 Å². The molecule has 100 valence electrons. The summed E-state index contributed by atoms with van der Waals surface area (Å²) in [5.74, 6) is -0.859. The number of anilines is 1. The minimum atomic E-state index is -0.859. The zero-order valence-corrected chi connectivity index (χ0v) is 11.1. The highest BCUT2D eigenvalue weighted by Crippen LogP contribution is 2.28. The average molecular weight is 265 g/mol. The lowest BCUT2D eigenvalue weighted by Gasteiger charge is -2.14. The molecule has 3 aromatic rings. The van der Waals surface area contributed by atoms with Gasteiger partial charge in [0.15, 0.2) is 0 Å². The summed E-state index contributed by atoms with van der Waals surface area (Å²) in [6.45, 7) is 1.64. The van der Waals surface area contributed by atoms with Gasteiger partial charge < -0.3 is 10.4 Å². The topological polar surface area (TPSA) is 49.3 Å². The van der Waals surface area contributed by atoms with Crippen molar-refractivity contribution in [3.05, 3.63) is 54.6 Å². The van der Waals surface area contributed by atoms with E-state index >= 15 is 0 Å². The Morgan fingerprint density at radius 3 is 2.35 bits per heavy atom. The molecule has 0 fully saturated rings. The third-order valence-electron chi connectivity index (χ3n) is 3.49. The van der Waals surface area contributed by atoms with Crippen LogP contribution in [0.5, 0.6) is 0 Å². The molecule has 0 aliphatic rings. The molecule has 3 nitrogen and oxygen atoms in total. The molecule has 0 aliphatic carbocycles. The molecule has 0 bridgehead atoms. The zero-order chi connectivity index (χ0) is 14.1. The molecule has 0 amide bonds. The maximum Gasteiger partial charge on any atom is 0.325 e. The van der Waals surface area contributed by atoms with E-state index in [1.54, 1.807) is 6.92 Å². The van der Waals surface area contributed by atoms with Crippen LogP contribution >= 0.6 is 0 Å². The van der Waals surface area contributed by atoms with E-state index in [-0.39, 0.29) is 0 Å². The first-order valence-electron chi connectivity index (χ1n) is 6.56. The number of rotatable bonds is 3. The first-order valence-corrected chi connectivity index (χ1v) is 6.56. The molecule has 3 heteroatoms. The predicted molar refractivity (Wildman–Crippen MR) is 82.2 cm³/mol. The Labute approximate surface area is 116 Å². The molecule has 0 heterocycles. The Hall–Kier alpha value is -2.55. The first-order chi connectivity index (χ1) is 9.65. The van der Waals surface area contributed by atoms with Crippen molar-refractivity contribution in [2.45, 2.75) is 13.0 Å². The summed E-state index contributed by atoms with van der Waals surface area (Å²) in [5, 5.41) is 16.6. The molecule has 0 saturated heterocycles. The van der Waals surface area contributed by atoms with Crippen LogP contribution in [-0.2, 0) is 4.79 Å². The monoisotopic (exact) mass is 265 g/mol. The van der Waals surface area contributed by atoms with Crippen molar-refractivity contribution < 1.29 is 9.90 Å². The van der Waals surface area contributed by atoms with Gasteiger partial charge >= 0.3 is 5.97 Å². The molecule has 0 saturated carbocycles. The number of fused-ring (bicyclic) bond motifs is 2. The molecule has 3 rings (SSSR count). The molecule has 1 atom stereocenters. The van der Waals surface area contributed by atoms with Crippen LogP contribution in [-0.4, -0.2) is 17.1 Å². The molecular weight excluding hydrogens is 250 g/mol. The lowest BCUT2D eigenvalue weighted by Crippen LogP contribution is -2.25. The number of carbonyl (C=O) groups is 1. The second kappa shape index (κ2) is 4.85. The Morgan fingerprint density at radius 2 is 1.65 bits per heavy atom. The van der Waals surface area contributed by atoms with Crippen LogP contribution in [0, 0.1) is 0 Å². The van der Waals surface area contributed by atoms with Crippen molar-refractivity contribution in [1.82, 2.24) is 0 Å². The van der Waals surface area contributed by atoms with Gasteiger partial charge in [0.1, 0.15) is 6.04 Å². The van der Waals surface area contributed by atoms with Gasteiger partial charge in [0.25, 0.3) is 0 Å². The van der Waals surface area contributed by atoms with Crippen molar-refractivity contribution in [2.24, 2.45) is 0 Å². The fourth-order valence-corrected chi connectivity index (χ4v) is 2.39. The van der Waals surface area contributed by atoms with Gasteiger partial charge in [-0.25, -0.2) is 0 Å². The van der Waals surface area contributed by atoms with Crippen molar-refractivity contribution in [3.63, 3.8) is 0 Å². The fourth-order valence-electron chi connectivity index (χ4n) is 2.39. The molecule has 0 aromatic heterocycles. The van der Waals surface area contributed by atoms with Gasteiger partial charge in [0.2, 0.25) is 0 Å². The summed E-state index contributed by atoms with van der Waals surface area (Å²) in [4.78, 5) is 11.0. The maximum absolute atomic E-state index is 11.0. The summed E-state index contributed by atoms with van der Waals surface area (Å²) < 4.78 is 0. The number of carboxylic acids is 1. The van der Waals surface area contributed by atoms with E-state index in [1.807, 2.05) is 30.3 Å². The van der Waals surface area contributed by atoms with Crippen molar-refractivity contribution >= 4 is 33.2 Å². The summed E-state index contributed by atoms with van der Waals surface area (Å²) in [6, 6.07) is 17.7. The number of hydrogen-bond donors (Lipinski definition) is 2. The standard InChI is InChI=1S/C17H15NO2/c1-11(17(19)20)18-16-8-4-7-14-9-12-5-2-3-6-13(12)10-15(14)16/h2-11,18H,1H3,(H,19,20). The van der Waals surface area contributed by atoms with E-state index in [4.69, 9.17) is 5.11 Å². The first kappa shape index (κ1) is 12.5. The highest BCUT2D eigenvalue weighted by molar-refractivity contribution is 6.04. The van der Waals surface area contributed by atoms with E-state index in [1.165, 1.54) is 5.39 Å². The lowest BCUT2D eigenvalue weighted by atomic mass is 10.0. The SMILES string of the molecule is CC(Nc1cccc2cc3ccccc3cc12)C(=O)O. The second-order valence-electron chi connectivity index (χ2n) is 4.93. The van der Waals surface area contributed by atoms with E-state index in [0.717, 1.165) is 21.8 Å².